The van der Waals surface area contributed by atoms with E-state index >= 15 is 0 Å². The van der Waals surface area contributed by atoms with Crippen LogP contribution in [-0.2, 0) is 4.79 Å². The Kier molecular flexibility index (Phi) is 3.99. The fourth-order valence-corrected chi connectivity index (χ4v) is 2.08. The molecule has 0 amide bonds. The smallest absolute Gasteiger partial charge is 0.207 e. The Morgan fingerprint density at radius 2 is 2.27 bits per heavy atom. The van der Waals surface area contributed by atoms with Gasteiger partial charge in [-0.15, -0.1) is 11.3 Å². The van der Waals surface area contributed by atoms with Crippen molar-refractivity contribution in [3.05, 3.63) is 26.6 Å². The molecule has 0 aromatic carbocycles. The molecule has 0 fully saturated rings. The number of allylic oxidation sites excluding steroid dienone is 3. The number of aromatic nitrogens is 1. The van der Waals surface area contributed by atoms with E-state index in [0.717, 1.165) is 0 Å². The fraction of sp³-hybridized carbons (Fsp3) is 0.200. The Hall–Kier alpha value is -1.20. The van der Waals surface area contributed by atoms with Gasteiger partial charge in [-0.05, 0) is 43.8 Å². The fourth-order valence-electron chi connectivity index (χ4n) is 0.980. The van der Waals surface area contributed by atoms with Crippen molar-refractivity contribution in [3.63, 3.8) is 0 Å². The number of hydrogen-bond acceptors (Lipinski definition) is 4. The number of rotatable bonds is 3. The number of carbonyl (C=O) groups excluding carboxylic acids is 1. The summed E-state index contributed by atoms with van der Waals surface area (Å²) in [6, 6.07) is 0. The third-order valence-electron chi connectivity index (χ3n) is 1.71. The molecule has 0 radical (unpaired) electrons. The van der Waals surface area contributed by atoms with Crippen LogP contribution < -0.4 is 0 Å². The van der Waals surface area contributed by atoms with Gasteiger partial charge in [-0.2, -0.15) is 0 Å². The zero-order chi connectivity index (χ0) is 11.4. The summed E-state index contributed by atoms with van der Waals surface area (Å²) in [4.78, 5) is 14.6. The summed E-state index contributed by atoms with van der Waals surface area (Å²) in [5, 5.41) is 9.41. The number of thiazole rings is 1. The van der Waals surface area contributed by atoms with Crippen LogP contribution >= 0.6 is 23.6 Å². The minimum absolute atomic E-state index is 0.0117. The summed E-state index contributed by atoms with van der Waals surface area (Å²) >= 11 is 6.10. The lowest BCUT2D eigenvalue weighted by Crippen LogP contribution is -1.92. The van der Waals surface area contributed by atoms with Crippen LogP contribution in [0.3, 0.4) is 0 Å². The minimum Gasteiger partial charge on any atom is -0.494 e. The second-order valence-electron chi connectivity index (χ2n) is 2.92. The van der Waals surface area contributed by atoms with E-state index in [1.807, 2.05) is 0 Å². The number of ketones is 1. The molecule has 1 rings (SSSR count). The van der Waals surface area contributed by atoms with Crippen LogP contribution in [0, 0.1) is 3.95 Å². The molecule has 5 heteroatoms. The van der Waals surface area contributed by atoms with E-state index in [1.165, 1.54) is 17.4 Å². The van der Waals surface area contributed by atoms with E-state index in [0.29, 0.717) is 14.4 Å². The monoisotopic (exact) mass is 241 g/mol. The van der Waals surface area contributed by atoms with Gasteiger partial charge < -0.3 is 10.1 Å². The highest BCUT2D eigenvalue weighted by Gasteiger charge is 2.05. The second kappa shape index (κ2) is 5.04. The quantitative estimate of drug-likeness (QED) is 0.631. The highest BCUT2D eigenvalue weighted by Crippen LogP contribution is 2.24. The van der Waals surface area contributed by atoms with Crippen molar-refractivity contribution in [3.8, 4) is 5.88 Å². The number of hydrogen-bond donors (Lipinski definition) is 2. The zero-order valence-corrected chi connectivity index (χ0v) is 10.0. The molecule has 15 heavy (non-hydrogen) atoms. The molecule has 0 atom stereocenters. The number of aromatic amines is 1. The van der Waals surface area contributed by atoms with Gasteiger partial charge in [0.2, 0.25) is 5.88 Å². The maximum Gasteiger partial charge on any atom is 0.207 e. The SMILES string of the molecule is C/C=C\C(=O)C(C)=Cc1sc(=S)[nH]c1O. The summed E-state index contributed by atoms with van der Waals surface area (Å²) in [5.41, 5.74) is 0.564. The summed E-state index contributed by atoms with van der Waals surface area (Å²) in [6.45, 7) is 3.48. The van der Waals surface area contributed by atoms with Gasteiger partial charge in [-0.3, -0.25) is 4.79 Å². The first kappa shape index (κ1) is 11.9. The topological polar surface area (TPSA) is 53.1 Å². The normalized spacial score (nSPS) is 12.3. The zero-order valence-electron chi connectivity index (χ0n) is 8.40. The molecule has 0 aliphatic rings. The van der Waals surface area contributed by atoms with Crippen molar-refractivity contribution < 1.29 is 9.90 Å². The molecule has 2 N–H and O–H groups in total. The van der Waals surface area contributed by atoms with E-state index in [9.17, 15) is 9.90 Å². The molecule has 0 bridgehead atoms. The standard InChI is InChI=1S/C10H11NO2S2/c1-3-4-7(12)6(2)5-8-9(13)11-10(14)15-8/h3-5,13H,1-2H3,(H,11,14)/b4-3-,6-5?. The molecule has 0 spiro atoms. The van der Waals surface area contributed by atoms with E-state index < -0.39 is 0 Å². The Bertz CT molecular complexity index is 480. The Balaban J connectivity index is 3.02. The average molecular weight is 241 g/mol. The minimum atomic E-state index is -0.0729. The predicted octanol–water partition coefficient (Wildman–Crippen LogP) is 3.06. The highest BCUT2D eigenvalue weighted by molar-refractivity contribution is 7.73. The largest absolute Gasteiger partial charge is 0.494 e. The molecule has 0 unspecified atom stereocenters. The van der Waals surface area contributed by atoms with Crippen LogP contribution in [0.2, 0.25) is 0 Å². The summed E-state index contributed by atoms with van der Waals surface area (Å²) in [7, 11) is 0. The molecular formula is C10H11NO2S2. The van der Waals surface area contributed by atoms with E-state index in [1.54, 1.807) is 26.0 Å². The van der Waals surface area contributed by atoms with Gasteiger partial charge >= 0.3 is 0 Å². The molecular weight excluding hydrogens is 230 g/mol. The van der Waals surface area contributed by atoms with Gasteiger partial charge in [-0.1, -0.05) is 6.08 Å². The molecule has 80 valence electrons. The summed E-state index contributed by atoms with van der Waals surface area (Å²) in [5.74, 6) is -0.0613. The molecule has 0 saturated carbocycles. The van der Waals surface area contributed by atoms with Crippen LogP contribution in [0.5, 0.6) is 5.88 Å². The molecule has 1 heterocycles. The molecule has 0 aliphatic heterocycles. The second-order valence-corrected chi connectivity index (χ2v) is 4.64. The molecule has 0 saturated heterocycles. The van der Waals surface area contributed by atoms with Gasteiger partial charge in [0.25, 0.3) is 0 Å². The molecule has 1 aromatic rings. The van der Waals surface area contributed by atoms with Crippen molar-refractivity contribution >= 4 is 35.4 Å². The van der Waals surface area contributed by atoms with Crippen molar-refractivity contribution in [2.45, 2.75) is 13.8 Å². The molecule has 0 aliphatic carbocycles. The van der Waals surface area contributed by atoms with Crippen LogP contribution in [0.15, 0.2) is 17.7 Å². The van der Waals surface area contributed by atoms with Gasteiger partial charge in [0.05, 0.1) is 4.88 Å². The van der Waals surface area contributed by atoms with Crippen molar-refractivity contribution in [1.29, 1.82) is 0 Å². The average Bonchev–Trinajstić information content (AvgIpc) is 2.45. The maximum absolute atomic E-state index is 11.4. The Morgan fingerprint density at radius 1 is 1.60 bits per heavy atom. The number of aromatic hydroxyl groups is 1. The van der Waals surface area contributed by atoms with E-state index in [2.05, 4.69) is 4.98 Å². The lowest BCUT2D eigenvalue weighted by atomic mass is 10.1. The van der Waals surface area contributed by atoms with Gasteiger partial charge in [-0.25, -0.2) is 0 Å². The van der Waals surface area contributed by atoms with Gasteiger partial charge in [0.1, 0.15) is 0 Å². The first-order valence-electron chi connectivity index (χ1n) is 4.32. The van der Waals surface area contributed by atoms with Crippen LogP contribution in [0.1, 0.15) is 18.7 Å². The van der Waals surface area contributed by atoms with Crippen molar-refractivity contribution in [1.82, 2.24) is 4.98 Å². The lowest BCUT2D eigenvalue weighted by Gasteiger charge is -1.93. The number of H-pyrrole nitrogens is 1. The third kappa shape index (κ3) is 3.14. The van der Waals surface area contributed by atoms with E-state index in [-0.39, 0.29) is 11.7 Å². The Labute approximate surface area is 96.8 Å². The summed E-state index contributed by atoms with van der Waals surface area (Å²) < 4.78 is 0.491. The number of nitrogens with one attached hydrogen (secondary N) is 1. The van der Waals surface area contributed by atoms with Gasteiger partial charge in [0.15, 0.2) is 9.74 Å². The van der Waals surface area contributed by atoms with E-state index in [4.69, 9.17) is 12.2 Å². The third-order valence-corrected chi connectivity index (χ3v) is 2.88. The highest BCUT2D eigenvalue weighted by atomic mass is 32.1. The first-order valence-corrected chi connectivity index (χ1v) is 5.54. The number of carbonyl (C=O) groups is 1. The lowest BCUT2D eigenvalue weighted by molar-refractivity contribution is -0.111. The molecule has 3 nitrogen and oxygen atoms in total. The predicted molar refractivity (Wildman–Crippen MR) is 64.6 cm³/mol. The molecule has 1 aromatic heterocycles. The van der Waals surface area contributed by atoms with Gasteiger partial charge in [0, 0.05) is 0 Å². The van der Waals surface area contributed by atoms with Crippen molar-refractivity contribution in [2.75, 3.05) is 0 Å². The van der Waals surface area contributed by atoms with Crippen LogP contribution in [-0.4, -0.2) is 15.9 Å². The maximum atomic E-state index is 11.4. The van der Waals surface area contributed by atoms with Crippen LogP contribution in [0.4, 0.5) is 0 Å². The Morgan fingerprint density at radius 3 is 2.73 bits per heavy atom. The first-order chi connectivity index (χ1) is 7.04. The van der Waals surface area contributed by atoms with Crippen LogP contribution in [0.25, 0.3) is 6.08 Å². The van der Waals surface area contributed by atoms with Crippen molar-refractivity contribution in [2.24, 2.45) is 0 Å². The summed E-state index contributed by atoms with van der Waals surface area (Å²) in [6.07, 6.45) is 4.78.